The highest BCUT2D eigenvalue weighted by molar-refractivity contribution is 5.88. The number of aromatic nitrogens is 1. The summed E-state index contributed by atoms with van der Waals surface area (Å²) < 4.78 is 10.2. The average Bonchev–Trinajstić information content (AvgIpc) is 2.62. The minimum atomic E-state index is -0.519. The van der Waals surface area contributed by atoms with Gasteiger partial charge in [0, 0.05) is 0 Å². The fourth-order valence-corrected chi connectivity index (χ4v) is 1.46. The van der Waals surface area contributed by atoms with Gasteiger partial charge in [0.05, 0.1) is 6.61 Å². The van der Waals surface area contributed by atoms with Crippen LogP contribution in [0, 0.1) is 13.8 Å². The number of esters is 1. The van der Waals surface area contributed by atoms with Gasteiger partial charge in [-0.05, 0) is 44.0 Å². The lowest BCUT2D eigenvalue weighted by Gasteiger charge is -1.96. The van der Waals surface area contributed by atoms with Crippen molar-refractivity contribution in [3.8, 4) is 0 Å². The molecular weight excluding hydrogens is 206 g/mol. The molecule has 0 spiro atoms. The van der Waals surface area contributed by atoms with Gasteiger partial charge in [0.2, 0.25) is 0 Å². The maximum Gasteiger partial charge on any atom is 0.394 e. The molecular formula is C12H13NO3. The Labute approximate surface area is 93.2 Å². The Kier molecular flexibility index (Phi) is 2.64. The van der Waals surface area contributed by atoms with Crippen LogP contribution in [0.1, 0.15) is 28.7 Å². The van der Waals surface area contributed by atoms with Crippen LogP contribution < -0.4 is 0 Å². The molecule has 0 aliphatic carbocycles. The van der Waals surface area contributed by atoms with E-state index in [0.717, 1.165) is 11.1 Å². The topological polar surface area (TPSA) is 52.3 Å². The molecule has 1 aromatic heterocycles. The Balaban J connectivity index is 2.48. The Morgan fingerprint density at radius 2 is 2.06 bits per heavy atom. The third-order valence-electron chi connectivity index (χ3n) is 2.45. The lowest BCUT2D eigenvalue weighted by Crippen LogP contribution is -2.04. The fraction of sp³-hybridized carbons (Fsp3) is 0.333. The molecule has 0 aliphatic rings. The third-order valence-corrected chi connectivity index (χ3v) is 2.45. The summed E-state index contributed by atoms with van der Waals surface area (Å²) in [5.41, 5.74) is 3.53. The first-order valence-electron chi connectivity index (χ1n) is 5.16. The first-order valence-corrected chi connectivity index (χ1v) is 5.16. The van der Waals surface area contributed by atoms with Gasteiger partial charge in [-0.15, -0.1) is 0 Å². The van der Waals surface area contributed by atoms with Crippen LogP contribution >= 0.6 is 0 Å². The van der Waals surface area contributed by atoms with Crippen molar-refractivity contribution in [1.29, 1.82) is 0 Å². The van der Waals surface area contributed by atoms with Crippen LogP contribution in [0.15, 0.2) is 16.5 Å². The number of carbonyl (C=O) groups excluding carboxylic acids is 1. The highest BCUT2D eigenvalue weighted by Gasteiger charge is 2.15. The second kappa shape index (κ2) is 3.96. The molecule has 0 amide bonds. The summed E-state index contributed by atoms with van der Waals surface area (Å²) in [4.78, 5) is 15.5. The summed E-state index contributed by atoms with van der Waals surface area (Å²) >= 11 is 0. The van der Waals surface area contributed by atoms with E-state index in [0.29, 0.717) is 17.7 Å². The molecule has 84 valence electrons. The van der Waals surface area contributed by atoms with Gasteiger partial charge in [0.15, 0.2) is 5.58 Å². The number of hydrogen-bond acceptors (Lipinski definition) is 4. The van der Waals surface area contributed by atoms with E-state index >= 15 is 0 Å². The molecule has 0 N–H and O–H groups in total. The predicted octanol–water partition coefficient (Wildman–Crippen LogP) is 2.62. The number of fused-ring (bicyclic) bond motifs is 1. The van der Waals surface area contributed by atoms with E-state index in [-0.39, 0.29) is 5.89 Å². The normalized spacial score (nSPS) is 10.7. The van der Waals surface area contributed by atoms with Crippen molar-refractivity contribution >= 4 is 17.1 Å². The highest BCUT2D eigenvalue weighted by atomic mass is 16.5. The lowest BCUT2D eigenvalue weighted by atomic mass is 10.1. The summed E-state index contributed by atoms with van der Waals surface area (Å²) in [6.07, 6.45) is 0. The molecule has 2 rings (SSSR count). The van der Waals surface area contributed by atoms with E-state index in [1.54, 1.807) is 6.92 Å². The van der Waals surface area contributed by atoms with Crippen LogP contribution in [0.3, 0.4) is 0 Å². The highest BCUT2D eigenvalue weighted by Crippen LogP contribution is 2.20. The summed E-state index contributed by atoms with van der Waals surface area (Å²) in [5, 5.41) is 0. The number of hydrogen-bond donors (Lipinski definition) is 0. The van der Waals surface area contributed by atoms with Crippen molar-refractivity contribution in [3.63, 3.8) is 0 Å². The minimum absolute atomic E-state index is 0.0156. The maximum atomic E-state index is 11.4. The molecule has 2 aromatic rings. The Hall–Kier alpha value is -1.84. The van der Waals surface area contributed by atoms with Gasteiger partial charge < -0.3 is 9.15 Å². The molecule has 0 saturated heterocycles. The van der Waals surface area contributed by atoms with E-state index in [2.05, 4.69) is 4.98 Å². The van der Waals surface area contributed by atoms with Crippen LogP contribution in [-0.4, -0.2) is 17.6 Å². The largest absolute Gasteiger partial charge is 0.459 e. The quantitative estimate of drug-likeness (QED) is 0.728. The van der Waals surface area contributed by atoms with Crippen LogP contribution in [0.2, 0.25) is 0 Å². The maximum absolute atomic E-state index is 11.4. The second-order valence-corrected chi connectivity index (χ2v) is 3.64. The third kappa shape index (κ3) is 1.78. The van der Waals surface area contributed by atoms with Gasteiger partial charge in [-0.2, -0.15) is 0 Å². The van der Waals surface area contributed by atoms with Gasteiger partial charge in [-0.25, -0.2) is 9.78 Å². The number of rotatable bonds is 2. The van der Waals surface area contributed by atoms with E-state index < -0.39 is 5.97 Å². The van der Waals surface area contributed by atoms with Crippen LogP contribution in [0.4, 0.5) is 0 Å². The minimum Gasteiger partial charge on any atom is -0.459 e. The number of ether oxygens (including phenoxy) is 1. The molecule has 0 fully saturated rings. The monoisotopic (exact) mass is 219 g/mol. The van der Waals surface area contributed by atoms with Crippen molar-refractivity contribution < 1.29 is 13.9 Å². The van der Waals surface area contributed by atoms with Crippen LogP contribution in [0.25, 0.3) is 11.1 Å². The Bertz CT molecular complexity index is 503. The smallest absolute Gasteiger partial charge is 0.394 e. The molecule has 4 heteroatoms. The molecule has 0 radical (unpaired) electrons. The molecule has 0 unspecified atom stereocenters. The standard InChI is InChI=1S/C12H13NO3/c1-4-15-12(14)11-13-9-5-7(2)8(3)6-10(9)16-11/h5-6H,4H2,1-3H3. The van der Waals surface area contributed by atoms with Crippen LogP contribution in [0.5, 0.6) is 0 Å². The first-order chi connectivity index (χ1) is 7.61. The van der Waals surface area contributed by atoms with Crippen molar-refractivity contribution in [1.82, 2.24) is 4.98 Å². The number of carbonyl (C=O) groups is 1. The number of aryl methyl sites for hydroxylation is 2. The van der Waals surface area contributed by atoms with Gasteiger partial charge >= 0.3 is 11.9 Å². The average molecular weight is 219 g/mol. The second-order valence-electron chi connectivity index (χ2n) is 3.64. The number of benzene rings is 1. The molecule has 16 heavy (non-hydrogen) atoms. The first kappa shape index (κ1) is 10.7. The fourth-order valence-electron chi connectivity index (χ4n) is 1.46. The zero-order chi connectivity index (χ0) is 11.7. The van der Waals surface area contributed by atoms with Gasteiger partial charge in [-0.1, -0.05) is 0 Å². The van der Waals surface area contributed by atoms with Gasteiger partial charge in [0.1, 0.15) is 5.52 Å². The summed E-state index contributed by atoms with van der Waals surface area (Å²) in [7, 11) is 0. The van der Waals surface area contributed by atoms with E-state index in [1.165, 1.54) is 0 Å². The Morgan fingerprint density at radius 1 is 1.38 bits per heavy atom. The van der Waals surface area contributed by atoms with Gasteiger partial charge in [0.25, 0.3) is 0 Å². The zero-order valence-electron chi connectivity index (χ0n) is 9.53. The van der Waals surface area contributed by atoms with Crippen molar-refractivity contribution in [3.05, 3.63) is 29.2 Å². The summed E-state index contributed by atoms with van der Waals surface area (Å²) in [6, 6.07) is 3.78. The molecule has 0 bridgehead atoms. The SMILES string of the molecule is CCOC(=O)c1nc2cc(C)c(C)cc2o1. The molecule has 1 aromatic carbocycles. The predicted molar refractivity (Wildman–Crippen MR) is 59.4 cm³/mol. The van der Waals surface area contributed by atoms with E-state index in [4.69, 9.17) is 9.15 Å². The summed E-state index contributed by atoms with van der Waals surface area (Å²) in [5.74, 6) is -0.504. The van der Waals surface area contributed by atoms with Crippen molar-refractivity contribution in [2.45, 2.75) is 20.8 Å². The molecule has 1 heterocycles. The molecule has 0 aliphatic heterocycles. The Morgan fingerprint density at radius 3 is 2.75 bits per heavy atom. The molecule has 4 nitrogen and oxygen atoms in total. The van der Waals surface area contributed by atoms with Crippen molar-refractivity contribution in [2.24, 2.45) is 0 Å². The number of nitrogens with zero attached hydrogens (tertiary/aromatic N) is 1. The molecule has 0 atom stereocenters. The van der Waals surface area contributed by atoms with E-state index in [1.807, 2.05) is 26.0 Å². The van der Waals surface area contributed by atoms with Crippen molar-refractivity contribution in [2.75, 3.05) is 6.61 Å². The van der Waals surface area contributed by atoms with Crippen LogP contribution in [-0.2, 0) is 4.74 Å². The zero-order valence-corrected chi connectivity index (χ0v) is 9.53. The van der Waals surface area contributed by atoms with Gasteiger partial charge in [-0.3, -0.25) is 0 Å². The summed E-state index contributed by atoms with van der Waals surface area (Å²) in [6.45, 7) is 6.04. The lowest BCUT2D eigenvalue weighted by molar-refractivity contribution is 0.0483. The van der Waals surface area contributed by atoms with E-state index in [9.17, 15) is 4.79 Å². The molecule has 0 saturated carbocycles. The number of oxazole rings is 1.